The first-order chi connectivity index (χ1) is 6.70. The fourth-order valence-corrected chi connectivity index (χ4v) is 1.64. The van der Waals surface area contributed by atoms with Gasteiger partial charge in [-0.05, 0) is 24.3 Å². The van der Waals surface area contributed by atoms with E-state index in [1.807, 2.05) is 0 Å². The second-order valence-corrected chi connectivity index (χ2v) is 3.64. The number of hydrogen-bond donors (Lipinski definition) is 0. The maximum atomic E-state index is 10.6. The number of hydrogen-bond acceptors (Lipinski definition) is 3. The molecule has 1 heterocycles. The van der Waals surface area contributed by atoms with Crippen molar-refractivity contribution in [3.05, 3.63) is 28.8 Å². The van der Waals surface area contributed by atoms with Gasteiger partial charge in [0.2, 0.25) is 10.3 Å². The van der Waals surface area contributed by atoms with E-state index in [1.54, 1.807) is 25.3 Å². The largest absolute Gasteiger partial charge is 0.497 e. The Bertz CT molecular complexity index is 621. The summed E-state index contributed by atoms with van der Waals surface area (Å²) in [6.07, 6.45) is 1.51. The average molecular weight is 209 g/mol. The van der Waals surface area contributed by atoms with E-state index < -0.39 is 10.3 Å². The van der Waals surface area contributed by atoms with Crippen LogP contribution in [0.15, 0.2) is 23.2 Å². The monoisotopic (exact) mass is 209 g/mol. The molecule has 14 heavy (non-hydrogen) atoms. The van der Waals surface area contributed by atoms with Crippen molar-refractivity contribution < 1.29 is 13.2 Å². The van der Waals surface area contributed by atoms with Gasteiger partial charge in [-0.1, -0.05) is 0 Å². The van der Waals surface area contributed by atoms with E-state index in [0.717, 1.165) is 5.22 Å². The third kappa shape index (κ3) is 1.42. The van der Waals surface area contributed by atoms with Crippen LogP contribution in [0.5, 0.6) is 5.75 Å². The standard InChI is InChI=1S/C9H7NO3S/c1-13-7-2-3-8-6(4-7)5-9(10-8)14(11)12/h2-5H,1H3. The van der Waals surface area contributed by atoms with Crippen LogP contribution in [0.4, 0.5) is 0 Å². The molecule has 0 amide bonds. The Balaban J connectivity index is 2.78. The number of fused-ring (bicyclic) bond motifs is 1. The van der Waals surface area contributed by atoms with E-state index >= 15 is 0 Å². The summed E-state index contributed by atoms with van der Waals surface area (Å²) in [5.74, 6) is 0.688. The highest BCUT2D eigenvalue weighted by atomic mass is 32.2. The first kappa shape index (κ1) is 8.96. The van der Waals surface area contributed by atoms with Gasteiger partial charge in [-0.25, -0.2) is 4.99 Å². The quantitative estimate of drug-likeness (QED) is 0.564. The lowest BCUT2D eigenvalue weighted by Crippen LogP contribution is -2.20. The summed E-state index contributed by atoms with van der Waals surface area (Å²) in [6.45, 7) is 0. The van der Waals surface area contributed by atoms with Crippen LogP contribution in [0.1, 0.15) is 0 Å². The smallest absolute Gasteiger partial charge is 0.240 e. The van der Waals surface area contributed by atoms with Crippen molar-refractivity contribution in [2.24, 2.45) is 4.99 Å². The highest BCUT2D eigenvalue weighted by Crippen LogP contribution is 2.02. The van der Waals surface area contributed by atoms with Gasteiger partial charge in [-0.3, -0.25) is 0 Å². The fraction of sp³-hybridized carbons (Fsp3) is 0.111. The Labute approximate surface area is 81.7 Å². The molecule has 2 rings (SSSR count). The number of methoxy groups -OCH3 is 1. The molecular formula is C9H7NO3S. The topological polar surface area (TPSA) is 55.7 Å². The van der Waals surface area contributed by atoms with Crippen molar-refractivity contribution in [3.8, 4) is 5.75 Å². The lowest BCUT2D eigenvalue weighted by molar-refractivity contribution is 0.414. The fourth-order valence-electron chi connectivity index (χ4n) is 1.25. The van der Waals surface area contributed by atoms with Crippen molar-refractivity contribution in [1.82, 2.24) is 0 Å². The lowest BCUT2D eigenvalue weighted by Gasteiger charge is -1.95. The van der Waals surface area contributed by atoms with E-state index in [2.05, 4.69) is 4.99 Å². The molecule has 0 radical (unpaired) electrons. The van der Waals surface area contributed by atoms with Gasteiger partial charge in [0.15, 0.2) is 4.99 Å². The summed E-state index contributed by atoms with van der Waals surface area (Å²) in [5, 5.41) is 1.42. The molecule has 0 unspecified atom stereocenters. The normalized spacial score (nSPS) is 12.8. The van der Waals surface area contributed by atoms with Crippen LogP contribution in [0, 0.1) is 0 Å². The second-order valence-electron chi connectivity index (χ2n) is 2.75. The Morgan fingerprint density at radius 2 is 2.14 bits per heavy atom. The van der Waals surface area contributed by atoms with Gasteiger partial charge in [-0.2, -0.15) is 8.42 Å². The maximum Gasteiger partial charge on any atom is 0.240 e. The second kappa shape index (κ2) is 3.26. The van der Waals surface area contributed by atoms with E-state index in [1.165, 1.54) is 6.08 Å². The third-order valence-corrected chi connectivity index (χ3v) is 2.47. The first-order valence-corrected chi connectivity index (χ1v) is 4.99. The summed E-state index contributed by atoms with van der Waals surface area (Å²) >= 11 is 0. The minimum absolute atomic E-state index is 0.0632. The molecule has 1 aromatic carbocycles. The molecule has 1 aliphatic rings. The van der Waals surface area contributed by atoms with Crippen LogP contribution >= 0.6 is 0 Å². The van der Waals surface area contributed by atoms with Crippen molar-refractivity contribution in [2.45, 2.75) is 0 Å². The zero-order valence-electron chi connectivity index (χ0n) is 7.39. The Kier molecular flexibility index (Phi) is 2.09. The zero-order chi connectivity index (χ0) is 10.1. The average Bonchev–Trinajstić information content (AvgIpc) is 2.59. The molecular weight excluding hydrogens is 202 g/mol. The van der Waals surface area contributed by atoms with Gasteiger partial charge in [0.1, 0.15) is 5.75 Å². The molecule has 0 atom stereocenters. The molecule has 0 fully saturated rings. The molecule has 0 N–H and O–H groups in total. The molecule has 0 spiro atoms. The maximum absolute atomic E-state index is 10.6. The van der Waals surface area contributed by atoms with Gasteiger partial charge in [-0.15, -0.1) is 0 Å². The van der Waals surface area contributed by atoms with Crippen LogP contribution in [-0.2, 0) is 10.3 Å². The van der Waals surface area contributed by atoms with Gasteiger partial charge in [0.25, 0.3) is 0 Å². The Morgan fingerprint density at radius 1 is 1.36 bits per heavy atom. The first-order valence-electron chi connectivity index (χ1n) is 3.91. The summed E-state index contributed by atoms with van der Waals surface area (Å²) in [6, 6.07) is 5.22. The number of rotatable bonds is 1. The predicted molar refractivity (Wildman–Crippen MR) is 52.2 cm³/mol. The summed E-state index contributed by atoms with van der Waals surface area (Å²) in [7, 11) is -0.712. The minimum atomic E-state index is -2.27. The molecule has 5 heteroatoms. The summed E-state index contributed by atoms with van der Waals surface area (Å²) < 4.78 is 26.3. The van der Waals surface area contributed by atoms with Crippen LogP contribution in [0.3, 0.4) is 0 Å². The number of benzene rings is 1. The number of ether oxygens (including phenoxy) is 1. The molecule has 0 saturated heterocycles. The molecule has 72 valence electrons. The lowest BCUT2D eigenvalue weighted by atomic mass is 10.3. The van der Waals surface area contributed by atoms with Gasteiger partial charge < -0.3 is 4.74 Å². The zero-order valence-corrected chi connectivity index (χ0v) is 8.21. The number of nitrogens with zero attached hydrogens (tertiary/aromatic N) is 1. The highest BCUT2D eigenvalue weighted by molar-refractivity contribution is 7.73. The van der Waals surface area contributed by atoms with E-state index in [0.29, 0.717) is 11.1 Å². The minimum Gasteiger partial charge on any atom is -0.497 e. The van der Waals surface area contributed by atoms with E-state index in [-0.39, 0.29) is 4.99 Å². The Morgan fingerprint density at radius 3 is 2.79 bits per heavy atom. The summed E-state index contributed by atoms with van der Waals surface area (Å²) in [4.78, 5) is 3.98. The van der Waals surface area contributed by atoms with Crippen molar-refractivity contribution in [1.29, 1.82) is 0 Å². The van der Waals surface area contributed by atoms with E-state index in [4.69, 9.17) is 4.74 Å². The van der Waals surface area contributed by atoms with Gasteiger partial charge >= 0.3 is 0 Å². The molecule has 4 nitrogen and oxygen atoms in total. The van der Waals surface area contributed by atoms with Crippen LogP contribution in [-0.4, -0.2) is 20.5 Å². The molecule has 1 aromatic rings. The molecule has 0 saturated carbocycles. The van der Waals surface area contributed by atoms with Gasteiger partial charge in [0.05, 0.1) is 12.5 Å². The van der Waals surface area contributed by atoms with Crippen molar-refractivity contribution >= 4 is 21.4 Å². The predicted octanol–water partition coefficient (Wildman–Crippen LogP) is -0.882. The summed E-state index contributed by atoms with van der Waals surface area (Å²) in [5.41, 5.74) is 0. The van der Waals surface area contributed by atoms with Crippen LogP contribution < -0.4 is 15.3 Å². The molecule has 0 aliphatic carbocycles. The third-order valence-electron chi connectivity index (χ3n) is 1.92. The SMILES string of the molecule is COc1ccc2c(c1)=CC(=S(=O)=O)N=2. The molecule has 0 aromatic heterocycles. The van der Waals surface area contributed by atoms with Crippen molar-refractivity contribution in [3.63, 3.8) is 0 Å². The van der Waals surface area contributed by atoms with Crippen LogP contribution in [0.25, 0.3) is 6.08 Å². The van der Waals surface area contributed by atoms with Gasteiger partial charge in [0, 0.05) is 5.22 Å². The van der Waals surface area contributed by atoms with Crippen LogP contribution in [0.2, 0.25) is 0 Å². The Hall–Kier alpha value is -1.62. The molecule has 0 bridgehead atoms. The van der Waals surface area contributed by atoms with Crippen molar-refractivity contribution in [2.75, 3.05) is 7.11 Å². The molecule has 1 aliphatic heterocycles. The highest BCUT2D eigenvalue weighted by Gasteiger charge is 2.03. The van der Waals surface area contributed by atoms with E-state index in [9.17, 15) is 8.42 Å².